The molecule has 1 aromatic heterocycles. The van der Waals surface area contributed by atoms with Gasteiger partial charge >= 0.3 is 0 Å². The van der Waals surface area contributed by atoms with Crippen molar-refractivity contribution in [2.24, 2.45) is 0 Å². The third-order valence-corrected chi connectivity index (χ3v) is 4.00. The van der Waals surface area contributed by atoms with Gasteiger partial charge in [0.1, 0.15) is 0 Å². The van der Waals surface area contributed by atoms with E-state index in [2.05, 4.69) is 20.9 Å². The van der Waals surface area contributed by atoms with Crippen LogP contribution in [0.3, 0.4) is 0 Å². The Morgan fingerprint density at radius 3 is 2.86 bits per heavy atom. The quantitative estimate of drug-likeness (QED) is 0.763. The van der Waals surface area contributed by atoms with E-state index in [0.717, 1.165) is 14.7 Å². The van der Waals surface area contributed by atoms with Gasteiger partial charge in [0.2, 0.25) is 0 Å². The lowest BCUT2D eigenvalue weighted by molar-refractivity contribution is 0.252. The molecule has 2 rings (SSSR count). The Hall–Kier alpha value is -0.200. The molecular weight excluding hydrogens is 292 g/mol. The van der Waals surface area contributed by atoms with Crippen molar-refractivity contribution in [2.75, 3.05) is 0 Å². The molecule has 1 nitrogen and oxygen atoms in total. The van der Waals surface area contributed by atoms with Crippen molar-refractivity contribution in [3.05, 3.63) is 22.7 Å². The normalized spacial score (nSPS) is 11.4. The van der Waals surface area contributed by atoms with Gasteiger partial charge in [-0.25, -0.2) is 4.98 Å². The molecule has 2 aromatic rings. The largest absolute Gasteiger partial charge is 0.291 e. The summed E-state index contributed by atoms with van der Waals surface area (Å²) in [6, 6.07) is 5.58. The van der Waals surface area contributed by atoms with Crippen LogP contribution in [-0.4, -0.2) is 10.7 Å². The SMILES string of the molecule is FC(F)Sc1nc2c(Br)cccc2s1. The maximum atomic E-state index is 12.1. The van der Waals surface area contributed by atoms with E-state index >= 15 is 0 Å². The molecule has 0 aliphatic heterocycles. The van der Waals surface area contributed by atoms with E-state index in [-0.39, 0.29) is 0 Å². The first-order valence-electron chi connectivity index (χ1n) is 3.66. The fourth-order valence-electron chi connectivity index (χ4n) is 1.02. The Morgan fingerprint density at radius 2 is 2.21 bits per heavy atom. The standard InChI is InChI=1S/C8H4BrF2NS2/c9-4-2-1-3-5-6(4)12-8(13-5)14-7(10)11/h1-3,7H. The topological polar surface area (TPSA) is 12.9 Å². The number of aromatic nitrogens is 1. The predicted molar refractivity (Wildman–Crippen MR) is 59.2 cm³/mol. The van der Waals surface area contributed by atoms with Crippen molar-refractivity contribution in [2.45, 2.75) is 10.1 Å². The smallest absolute Gasteiger partial charge is 0.228 e. The third-order valence-electron chi connectivity index (χ3n) is 1.54. The summed E-state index contributed by atoms with van der Waals surface area (Å²) in [4.78, 5) is 4.11. The minimum atomic E-state index is -2.41. The van der Waals surface area contributed by atoms with E-state index < -0.39 is 5.76 Å². The second-order valence-corrected chi connectivity index (χ2v) is 5.57. The van der Waals surface area contributed by atoms with E-state index in [9.17, 15) is 8.78 Å². The fraction of sp³-hybridized carbons (Fsp3) is 0.125. The number of rotatable bonds is 2. The van der Waals surface area contributed by atoms with Crippen LogP contribution in [0.4, 0.5) is 8.78 Å². The Bertz CT molecular complexity index is 458. The number of hydrogen-bond acceptors (Lipinski definition) is 3. The molecule has 1 aromatic carbocycles. The lowest BCUT2D eigenvalue weighted by Crippen LogP contribution is -1.79. The van der Waals surface area contributed by atoms with Crippen LogP contribution in [0, 0.1) is 0 Å². The Balaban J connectivity index is 2.46. The van der Waals surface area contributed by atoms with Crippen LogP contribution >= 0.6 is 39.0 Å². The van der Waals surface area contributed by atoms with Crippen LogP contribution in [0.1, 0.15) is 0 Å². The van der Waals surface area contributed by atoms with E-state index in [0.29, 0.717) is 16.1 Å². The van der Waals surface area contributed by atoms with Crippen LogP contribution in [0.25, 0.3) is 10.2 Å². The molecule has 0 aliphatic carbocycles. The lowest BCUT2D eigenvalue weighted by Gasteiger charge is -1.90. The maximum absolute atomic E-state index is 12.1. The Kier molecular flexibility index (Phi) is 3.04. The van der Waals surface area contributed by atoms with Gasteiger partial charge in [-0.3, -0.25) is 0 Å². The summed E-state index contributed by atoms with van der Waals surface area (Å²) >= 11 is 5.09. The number of benzene rings is 1. The van der Waals surface area contributed by atoms with Gasteiger partial charge in [0, 0.05) is 4.47 Å². The van der Waals surface area contributed by atoms with Crippen molar-refractivity contribution in [1.82, 2.24) is 4.98 Å². The van der Waals surface area contributed by atoms with Crippen LogP contribution in [-0.2, 0) is 0 Å². The van der Waals surface area contributed by atoms with Gasteiger partial charge in [-0.15, -0.1) is 11.3 Å². The third kappa shape index (κ3) is 2.07. The number of nitrogens with zero attached hydrogens (tertiary/aromatic N) is 1. The molecule has 0 bridgehead atoms. The van der Waals surface area contributed by atoms with E-state index in [1.165, 1.54) is 11.3 Å². The number of para-hydroxylation sites is 1. The van der Waals surface area contributed by atoms with E-state index in [4.69, 9.17) is 0 Å². The maximum Gasteiger partial charge on any atom is 0.291 e. The highest BCUT2D eigenvalue weighted by molar-refractivity contribution is 9.10. The number of alkyl halides is 2. The highest BCUT2D eigenvalue weighted by Crippen LogP contribution is 2.35. The molecule has 74 valence electrons. The van der Waals surface area contributed by atoms with Gasteiger partial charge < -0.3 is 0 Å². The van der Waals surface area contributed by atoms with Crippen LogP contribution in [0.15, 0.2) is 27.0 Å². The second kappa shape index (κ2) is 4.12. The number of halogens is 3. The minimum Gasteiger partial charge on any atom is -0.228 e. The monoisotopic (exact) mass is 295 g/mol. The predicted octanol–water partition coefficient (Wildman–Crippen LogP) is 4.37. The van der Waals surface area contributed by atoms with Gasteiger partial charge in [0.15, 0.2) is 4.34 Å². The summed E-state index contributed by atoms with van der Waals surface area (Å²) in [5.41, 5.74) is 0.751. The lowest BCUT2D eigenvalue weighted by atomic mass is 10.3. The molecule has 0 atom stereocenters. The van der Waals surface area contributed by atoms with Gasteiger partial charge in [0.25, 0.3) is 5.76 Å². The summed E-state index contributed by atoms with van der Waals surface area (Å²) in [7, 11) is 0. The zero-order chi connectivity index (χ0) is 10.1. The summed E-state index contributed by atoms with van der Waals surface area (Å²) in [5.74, 6) is -2.41. The molecular formula is C8H4BrF2NS2. The summed E-state index contributed by atoms with van der Waals surface area (Å²) in [6.07, 6.45) is 0. The Labute approximate surface area is 95.7 Å². The molecule has 0 spiro atoms. The van der Waals surface area contributed by atoms with E-state index in [1.807, 2.05) is 18.2 Å². The summed E-state index contributed by atoms with van der Waals surface area (Å²) in [5, 5.41) is 0. The first-order valence-corrected chi connectivity index (χ1v) is 6.15. The van der Waals surface area contributed by atoms with E-state index in [1.54, 1.807) is 0 Å². The second-order valence-electron chi connectivity index (χ2n) is 2.44. The number of fused-ring (bicyclic) bond motifs is 1. The summed E-state index contributed by atoms with van der Waals surface area (Å²) in [6.45, 7) is 0. The molecule has 0 N–H and O–H groups in total. The van der Waals surface area contributed by atoms with Gasteiger partial charge in [-0.1, -0.05) is 6.07 Å². The zero-order valence-corrected chi connectivity index (χ0v) is 9.93. The molecule has 1 heterocycles. The first-order chi connectivity index (χ1) is 6.66. The average molecular weight is 296 g/mol. The van der Waals surface area contributed by atoms with Crippen molar-refractivity contribution in [3.8, 4) is 0 Å². The van der Waals surface area contributed by atoms with Crippen LogP contribution < -0.4 is 0 Å². The summed E-state index contributed by atoms with van der Waals surface area (Å²) < 4.78 is 26.3. The molecule has 6 heteroatoms. The van der Waals surface area contributed by atoms with Gasteiger partial charge in [-0.05, 0) is 39.8 Å². The molecule has 0 radical (unpaired) electrons. The molecule has 14 heavy (non-hydrogen) atoms. The Morgan fingerprint density at radius 1 is 1.43 bits per heavy atom. The number of hydrogen-bond donors (Lipinski definition) is 0. The molecule has 0 fully saturated rings. The van der Waals surface area contributed by atoms with Crippen LogP contribution in [0.5, 0.6) is 0 Å². The molecule has 0 aliphatic rings. The molecule has 0 amide bonds. The molecule has 0 saturated carbocycles. The highest BCUT2D eigenvalue weighted by Gasteiger charge is 2.11. The zero-order valence-electron chi connectivity index (χ0n) is 6.71. The number of thioether (sulfide) groups is 1. The number of thiazole rings is 1. The molecule has 0 unspecified atom stereocenters. The van der Waals surface area contributed by atoms with Gasteiger partial charge in [-0.2, -0.15) is 8.78 Å². The van der Waals surface area contributed by atoms with Crippen molar-refractivity contribution >= 4 is 49.2 Å². The van der Waals surface area contributed by atoms with Gasteiger partial charge in [0.05, 0.1) is 10.2 Å². The average Bonchev–Trinajstić information content (AvgIpc) is 2.47. The van der Waals surface area contributed by atoms with Crippen molar-refractivity contribution < 1.29 is 8.78 Å². The highest BCUT2D eigenvalue weighted by atomic mass is 79.9. The minimum absolute atomic E-state index is 0.405. The fourth-order valence-corrected chi connectivity index (χ4v) is 3.31. The molecule has 0 saturated heterocycles. The first kappa shape index (κ1) is 10.3. The van der Waals surface area contributed by atoms with Crippen LogP contribution in [0.2, 0.25) is 0 Å². The van der Waals surface area contributed by atoms with Crippen molar-refractivity contribution in [3.63, 3.8) is 0 Å². The van der Waals surface area contributed by atoms with Crippen molar-refractivity contribution in [1.29, 1.82) is 0 Å².